The van der Waals surface area contributed by atoms with E-state index < -0.39 is 11.4 Å². The van der Waals surface area contributed by atoms with E-state index in [2.05, 4.69) is 17.1 Å². The van der Waals surface area contributed by atoms with E-state index in [1.807, 2.05) is 44.2 Å². The number of ether oxygens (including phenoxy) is 2. The Morgan fingerprint density at radius 1 is 1.08 bits per heavy atom. The van der Waals surface area contributed by atoms with Gasteiger partial charge >= 0.3 is 5.97 Å². The molecule has 2 aliphatic carbocycles. The maximum absolute atomic E-state index is 11.3. The van der Waals surface area contributed by atoms with Crippen LogP contribution in [0.15, 0.2) is 48.7 Å². The fourth-order valence-electron chi connectivity index (χ4n) is 5.52. The number of aromatic nitrogens is 1. The minimum atomic E-state index is -0.708. The summed E-state index contributed by atoms with van der Waals surface area (Å²) in [6.07, 6.45) is 2.57. The van der Waals surface area contributed by atoms with Crippen LogP contribution >= 0.6 is 0 Å². The molecule has 0 bridgehead atoms. The number of aliphatic hydroxyl groups excluding tert-OH is 2. The summed E-state index contributed by atoms with van der Waals surface area (Å²) in [6, 6.07) is 14.1. The maximum atomic E-state index is 11.3. The van der Waals surface area contributed by atoms with Gasteiger partial charge in [-0.2, -0.15) is 0 Å². The molecule has 5 rings (SSSR count). The Morgan fingerprint density at radius 2 is 1.81 bits per heavy atom. The number of hydrogen-bond acceptors (Lipinski definition) is 6. The molecular weight excluding hydrogens is 470 g/mol. The fraction of sp³-hybridized carbons (Fsp3) is 0.400. The smallest absolute Gasteiger partial charge is 0.307 e. The quantitative estimate of drug-likeness (QED) is 0.379. The van der Waals surface area contributed by atoms with Gasteiger partial charge in [-0.15, -0.1) is 0 Å². The minimum Gasteiger partial charge on any atom is -0.493 e. The summed E-state index contributed by atoms with van der Waals surface area (Å²) in [5.41, 5.74) is 6.89. The highest BCUT2D eigenvalue weighted by molar-refractivity contribution is 5.77. The van der Waals surface area contributed by atoms with Crippen LogP contribution in [0.2, 0.25) is 0 Å². The van der Waals surface area contributed by atoms with Crippen LogP contribution in [0.1, 0.15) is 40.7 Å². The lowest BCUT2D eigenvalue weighted by atomic mass is 9.93. The van der Waals surface area contributed by atoms with Crippen molar-refractivity contribution < 1.29 is 29.6 Å². The highest BCUT2D eigenvalue weighted by atomic mass is 16.5. The van der Waals surface area contributed by atoms with Gasteiger partial charge in [-0.1, -0.05) is 25.1 Å². The number of aliphatic carboxylic acids is 1. The van der Waals surface area contributed by atoms with Crippen molar-refractivity contribution in [2.75, 3.05) is 19.8 Å². The van der Waals surface area contributed by atoms with Crippen molar-refractivity contribution in [2.45, 2.75) is 39.7 Å². The molecule has 194 valence electrons. The maximum Gasteiger partial charge on any atom is 0.307 e. The second-order valence-electron chi connectivity index (χ2n) is 10.8. The molecule has 1 heterocycles. The zero-order chi connectivity index (χ0) is 26.3. The summed E-state index contributed by atoms with van der Waals surface area (Å²) in [7, 11) is 0. The lowest BCUT2D eigenvalue weighted by Gasteiger charge is -2.25. The standard InChI is InChI=1S/C30H33NO6/c1-17-7-22(37-16-30(3,14-32)15-33)8-18(2)26(17)20-6-4-5-19(9-20)13-36-25-11-21-10-23-27(24(21)12-31-25)28(23)29(34)35/h4-9,11-12,23,27-28,32-33H,10,13-16H2,1-3H3,(H,34,35). The number of nitrogens with zero attached hydrogens (tertiary/aromatic N) is 1. The van der Waals surface area contributed by atoms with Crippen molar-refractivity contribution in [1.82, 2.24) is 4.98 Å². The van der Waals surface area contributed by atoms with Crippen molar-refractivity contribution in [3.05, 3.63) is 76.5 Å². The third kappa shape index (κ3) is 4.93. The first-order valence-electron chi connectivity index (χ1n) is 12.6. The average molecular weight is 504 g/mol. The molecule has 0 radical (unpaired) electrons. The van der Waals surface area contributed by atoms with Crippen LogP contribution < -0.4 is 9.47 Å². The van der Waals surface area contributed by atoms with Crippen molar-refractivity contribution >= 4 is 5.97 Å². The normalized spacial score (nSPS) is 19.8. The molecule has 0 saturated heterocycles. The number of hydrogen-bond donors (Lipinski definition) is 3. The number of aliphatic hydroxyl groups is 2. The van der Waals surface area contributed by atoms with Crippen LogP contribution in [0, 0.1) is 31.1 Å². The van der Waals surface area contributed by atoms with E-state index in [1.54, 1.807) is 13.1 Å². The Bertz CT molecular complexity index is 1310. The van der Waals surface area contributed by atoms with Gasteiger partial charge in [0.05, 0.1) is 25.7 Å². The molecule has 7 nitrogen and oxygen atoms in total. The zero-order valence-corrected chi connectivity index (χ0v) is 21.4. The first-order valence-corrected chi connectivity index (χ1v) is 12.6. The molecular formula is C30H33NO6. The lowest BCUT2D eigenvalue weighted by Crippen LogP contribution is -2.33. The summed E-state index contributed by atoms with van der Waals surface area (Å²) in [6.45, 7) is 6.17. The Labute approximate surface area is 216 Å². The van der Waals surface area contributed by atoms with Gasteiger partial charge in [0.25, 0.3) is 0 Å². The minimum absolute atomic E-state index is 0.114. The van der Waals surface area contributed by atoms with Crippen molar-refractivity contribution in [3.8, 4) is 22.8 Å². The van der Waals surface area contributed by atoms with E-state index in [1.165, 1.54) is 0 Å². The van der Waals surface area contributed by atoms with Crippen molar-refractivity contribution in [2.24, 2.45) is 17.3 Å². The van der Waals surface area contributed by atoms with E-state index in [0.29, 0.717) is 18.2 Å². The van der Waals surface area contributed by atoms with E-state index in [9.17, 15) is 20.1 Å². The molecule has 0 amide bonds. The van der Waals surface area contributed by atoms with Gasteiger partial charge in [-0.25, -0.2) is 4.98 Å². The summed E-state index contributed by atoms with van der Waals surface area (Å²) >= 11 is 0. The first kappa shape index (κ1) is 25.2. The molecule has 0 aliphatic heterocycles. The third-order valence-electron chi connectivity index (χ3n) is 7.73. The molecule has 1 aromatic heterocycles. The molecule has 3 N–H and O–H groups in total. The summed E-state index contributed by atoms with van der Waals surface area (Å²) < 4.78 is 11.9. The van der Waals surface area contributed by atoms with E-state index in [0.717, 1.165) is 45.4 Å². The zero-order valence-electron chi connectivity index (χ0n) is 21.4. The molecule has 37 heavy (non-hydrogen) atoms. The van der Waals surface area contributed by atoms with E-state index in [4.69, 9.17) is 9.47 Å². The van der Waals surface area contributed by atoms with Gasteiger partial charge in [-0.05, 0) is 83.3 Å². The van der Waals surface area contributed by atoms with Gasteiger partial charge in [0.2, 0.25) is 5.88 Å². The van der Waals surface area contributed by atoms with Gasteiger partial charge in [0.15, 0.2) is 0 Å². The Kier molecular flexibility index (Phi) is 6.68. The highest BCUT2D eigenvalue weighted by Gasteiger charge is 2.59. The van der Waals surface area contributed by atoms with Crippen LogP contribution in [0.5, 0.6) is 11.6 Å². The Hall–Kier alpha value is -3.42. The number of aryl methyl sites for hydroxylation is 2. The van der Waals surface area contributed by atoms with E-state index >= 15 is 0 Å². The molecule has 7 heteroatoms. The van der Waals surface area contributed by atoms with E-state index in [-0.39, 0.29) is 37.6 Å². The topological polar surface area (TPSA) is 109 Å². The number of carbonyl (C=O) groups is 1. The van der Waals surface area contributed by atoms with Crippen LogP contribution in [0.25, 0.3) is 11.1 Å². The SMILES string of the molecule is Cc1cc(OCC(C)(CO)CO)cc(C)c1-c1cccc(COc2cc3c(cn2)C2C(C3)C2C(=O)O)c1. The van der Waals surface area contributed by atoms with Gasteiger partial charge in [-0.3, -0.25) is 4.79 Å². The summed E-state index contributed by atoms with van der Waals surface area (Å²) in [5.74, 6) is 0.629. The van der Waals surface area contributed by atoms with Gasteiger partial charge in [0.1, 0.15) is 12.4 Å². The third-order valence-corrected chi connectivity index (χ3v) is 7.73. The number of carboxylic acid groups (broad SMARTS) is 1. The van der Waals surface area contributed by atoms with Crippen molar-refractivity contribution in [1.29, 1.82) is 0 Å². The number of benzene rings is 2. The first-order chi connectivity index (χ1) is 17.7. The van der Waals surface area contributed by atoms with Crippen LogP contribution in [0.3, 0.4) is 0 Å². The van der Waals surface area contributed by atoms with Gasteiger partial charge < -0.3 is 24.8 Å². The highest BCUT2D eigenvalue weighted by Crippen LogP contribution is 2.61. The molecule has 1 saturated carbocycles. The largest absolute Gasteiger partial charge is 0.493 e. The molecule has 3 unspecified atom stereocenters. The lowest BCUT2D eigenvalue weighted by molar-refractivity contribution is -0.139. The Morgan fingerprint density at radius 3 is 2.49 bits per heavy atom. The molecule has 2 aliphatic rings. The molecule has 3 atom stereocenters. The predicted molar refractivity (Wildman–Crippen MR) is 139 cm³/mol. The molecule has 3 aromatic rings. The molecule has 2 aromatic carbocycles. The predicted octanol–water partition coefficient (Wildman–Crippen LogP) is 4.28. The van der Waals surface area contributed by atoms with Crippen LogP contribution in [-0.4, -0.2) is 46.1 Å². The van der Waals surface area contributed by atoms with Gasteiger partial charge in [0, 0.05) is 23.6 Å². The number of pyridine rings is 1. The summed E-state index contributed by atoms with van der Waals surface area (Å²) in [4.78, 5) is 15.8. The number of rotatable bonds is 10. The molecule has 0 spiro atoms. The van der Waals surface area contributed by atoms with Crippen LogP contribution in [0.4, 0.5) is 0 Å². The van der Waals surface area contributed by atoms with Crippen LogP contribution in [-0.2, 0) is 17.8 Å². The fourth-order valence-corrected chi connectivity index (χ4v) is 5.52. The van der Waals surface area contributed by atoms with Crippen molar-refractivity contribution in [3.63, 3.8) is 0 Å². The average Bonchev–Trinajstić information content (AvgIpc) is 3.48. The number of carboxylic acids is 1. The Balaban J connectivity index is 1.26. The second kappa shape index (κ2) is 9.80. The second-order valence-corrected chi connectivity index (χ2v) is 10.8. The summed E-state index contributed by atoms with van der Waals surface area (Å²) in [5, 5.41) is 28.3. The monoisotopic (exact) mass is 503 g/mol. The number of fused-ring (bicyclic) bond motifs is 3. The molecule has 1 fully saturated rings.